The molecule has 0 bridgehead atoms. The van der Waals surface area contributed by atoms with Gasteiger partial charge in [0.15, 0.2) is 0 Å². The molecule has 2 aliphatic rings. The van der Waals surface area contributed by atoms with E-state index in [1.807, 2.05) is 6.07 Å². The number of carbonyl (C=O) groups excluding carboxylic acids is 1. The summed E-state index contributed by atoms with van der Waals surface area (Å²) >= 11 is 0. The smallest absolute Gasteiger partial charge is 0.232 e. The van der Waals surface area contributed by atoms with E-state index in [2.05, 4.69) is 0 Å². The van der Waals surface area contributed by atoms with Crippen molar-refractivity contribution in [3.8, 4) is 5.75 Å². The number of benzene rings is 3. The molecule has 32 heavy (non-hydrogen) atoms. The molecule has 4 heteroatoms. The zero-order valence-electron chi connectivity index (χ0n) is 29.4. The van der Waals surface area contributed by atoms with Crippen molar-refractivity contribution in [2.24, 2.45) is 11.7 Å². The van der Waals surface area contributed by atoms with Crippen molar-refractivity contribution in [3.63, 3.8) is 0 Å². The summed E-state index contributed by atoms with van der Waals surface area (Å²) in [6.45, 7) is -1.61. The lowest BCUT2D eigenvalue weighted by atomic mass is 9.64. The highest BCUT2D eigenvalue weighted by Gasteiger charge is 2.49. The Kier molecular flexibility index (Phi) is 3.06. The average molecular weight is 439 g/mol. The van der Waals surface area contributed by atoms with E-state index in [0.29, 0.717) is 18.6 Å². The summed E-state index contributed by atoms with van der Waals surface area (Å²) < 4.78 is 108. The lowest BCUT2D eigenvalue weighted by Gasteiger charge is -2.37. The molecule has 4 nitrogen and oxygen atoms in total. The Bertz CT molecular complexity index is 1570. The number of hydrogen-bond acceptors (Lipinski definition) is 3. The highest BCUT2D eigenvalue weighted by molar-refractivity contribution is 5.91. The first kappa shape index (κ1) is 11.2. The lowest BCUT2D eigenvalue weighted by molar-refractivity contribution is -0.123. The summed E-state index contributed by atoms with van der Waals surface area (Å²) in [6, 6.07) is -2.42. The van der Waals surface area contributed by atoms with Gasteiger partial charge in [-0.1, -0.05) is 72.6 Å². The number of carbonyl (C=O) groups is 1. The number of primary amides is 1. The number of nitrogens with zero attached hydrogens (tertiary/aromatic N) is 1. The summed E-state index contributed by atoms with van der Waals surface area (Å²) in [5.74, 6) is -1.66. The Labute approximate surface area is 206 Å². The molecule has 3 aromatic rings. The molecule has 3 aromatic carbocycles. The molecule has 1 amide bonds. The summed E-state index contributed by atoms with van der Waals surface area (Å²) in [5, 5.41) is 0. The molecule has 0 unspecified atom stereocenters. The maximum absolute atomic E-state index is 13.8. The van der Waals surface area contributed by atoms with Gasteiger partial charge in [0, 0.05) is 22.2 Å². The monoisotopic (exact) mass is 438 g/mol. The maximum Gasteiger partial charge on any atom is 0.232 e. The molecule has 0 spiro atoms. The number of rotatable bonds is 7. The van der Waals surface area contributed by atoms with Crippen molar-refractivity contribution in [2.45, 2.75) is 24.7 Å². The van der Waals surface area contributed by atoms with Gasteiger partial charge in [-0.3, -0.25) is 4.79 Å². The van der Waals surface area contributed by atoms with Crippen LogP contribution in [0.2, 0.25) is 0 Å². The van der Waals surface area contributed by atoms with Gasteiger partial charge in [0.05, 0.1) is 20.3 Å². The highest BCUT2D eigenvalue weighted by Crippen LogP contribution is 2.43. The largest absolute Gasteiger partial charge is 0.493 e. The van der Waals surface area contributed by atoms with Crippen LogP contribution in [0.1, 0.15) is 45.1 Å². The van der Waals surface area contributed by atoms with Crippen molar-refractivity contribution in [3.05, 3.63) is 101 Å². The standard InChI is InChI=1S/C28H30N2O2/c29-27(31)28(23-7-3-1-4-8-23,24-9-5-2-6-10-24)25-14-17-30(20-25)16-13-21-11-12-26-22(19-21)15-18-32-26/h1-12,19,25H,13-18,20H2,(H2,29,31)/t25-/m1/s1/i1D,2D,3D,4D,5D,6D,7D,8D,9D,10D,16D2. The molecule has 1 saturated heterocycles. The zero-order valence-corrected chi connectivity index (χ0v) is 17.4. The van der Waals surface area contributed by atoms with Crippen LogP contribution in [0.25, 0.3) is 0 Å². The fourth-order valence-corrected chi connectivity index (χ4v) is 4.69. The molecule has 1 fully saturated rings. The van der Waals surface area contributed by atoms with Crippen LogP contribution in [0, 0.1) is 5.92 Å². The van der Waals surface area contributed by atoms with Gasteiger partial charge in [0.2, 0.25) is 5.91 Å². The topological polar surface area (TPSA) is 55.6 Å². The number of ether oxygens (including phenoxy) is 1. The van der Waals surface area contributed by atoms with Gasteiger partial charge in [0.1, 0.15) is 11.2 Å². The molecule has 0 aliphatic carbocycles. The number of nitrogens with two attached hydrogens (primary N) is 1. The Balaban J connectivity index is 1.70. The normalized spacial score (nSPS) is 24.1. The van der Waals surface area contributed by atoms with Crippen LogP contribution < -0.4 is 10.5 Å². The molecular formula is C28H30N2O2. The van der Waals surface area contributed by atoms with Gasteiger partial charge in [-0.25, -0.2) is 0 Å². The van der Waals surface area contributed by atoms with Crippen molar-refractivity contribution >= 4 is 5.91 Å². The van der Waals surface area contributed by atoms with Crippen molar-refractivity contribution in [1.29, 1.82) is 0 Å². The van der Waals surface area contributed by atoms with Crippen LogP contribution in [-0.2, 0) is 23.1 Å². The van der Waals surface area contributed by atoms with Crippen LogP contribution >= 0.6 is 0 Å². The fraction of sp³-hybridized carbons (Fsp3) is 0.321. The molecule has 0 radical (unpaired) electrons. The SMILES string of the molecule is [2H]c1c([2H])c([2H])c(C(C(N)=O)(c2c([2H])c([2H])c([2H])c([2H])c2[2H])[C@@H]2CCN(C([2H])([2H])Cc3ccc4c(c3)CCO4)C2)c([2H])c1[2H]. The van der Waals surface area contributed by atoms with Crippen molar-refractivity contribution in [1.82, 2.24) is 4.90 Å². The molecule has 2 aliphatic heterocycles. The fourth-order valence-electron chi connectivity index (χ4n) is 4.69. The number of likely N-dealkylation sites (tertiary alicyclic amines) is 1. The molecule has 2 heterocycles. The van der Waals surface area contributed by atoms with Crippen molar-refractivity contribution in [2.75, 3.05) is 26.2 Å². The molecular weight excluding hydrogens is 396 g/mol. The quantitative estimate of drug-likeness (QED) is 0.608. The maximum atomic E-state index is 13.8. The molecule has 0 aromatic heterocycles. The van der Waals surface area contributed by atoms with Crippen LogP contribution in [-0.4, -0.2) is 37.0 Å². The van der Waals surface area contributed by atoms with E-state index >= 15 is 0 Å². The van der Waals surface area contributed by atoms with Gasteiger partial charge in [-0.2, -0.15) is 0 Å². The molecule has 2 N–H and O–H groups in total. The van der Waals surface area contributed by atoms with Gasteiger partial charge in [0.25, 0.3) is 0 Å². The molecule has 164 valence electrons. The van der Waals surface area contributed by atoms with Gasteiger partial charge < -0.3 is 15.4 Å². The van der Waals surface area contributed by atoms with Crippen LogP contribution in [0.3, 0.4) is 0 Å². The van der Waals surface area contributed by atoms with E-state index in [1.54, 1.807) is 12.1 Å². The van der Waals surface area contributed by atoms with E-state index in [0.717, 1.165) is 11.3 Å². The predicted molar refractivity (Wildman–Crippen MR) is 127 cm³/mol. The van der Waals surface area contributed by atoms with Gasteiger partial charge in [-0.15, -0.1) is 0 Å². The Morgan fingerprint density at radius 3 is 2.47 bits per heavy atom. The van der Waals surface area contributed by atoms with E-state index < -0.39 is 95.3 Å². The first-order chi connectivity index (χ1) is 20.5. The summed E-state index contributed by atoms with van der Waals surface area (Å²) in [5.41, 5.74) is 4.01. The second-order valence-corrected chi connectivity index (χ2v) is 7.98. The van der Waals surface area contributed by atoms with Crippen LogP contribution in [0.15, 0.2) is 78.6 Å². The van der Waals surface area contributed by atoms with Crippen LogP contribution in [0.4, 0.5) is 0 Å². The minimum absolute atomic E-state index is 0.00479. The summed E-state index contributed by atoms with van der Waals surface area (Å²) in [6.07, 6.45) is 0.666. The van der Waals surface area contributed by atoms with E-state index in [1.165, 1.54) is 4.90 Å². The van der Waals surface area contributed by atoms with E-state index in [-0.39, 0.29) is 25.9 Å². The average Bonchev–Trinajstić information content (AvgIpc) is 3.66. The second kappa shape index (κ2) is 8.79. The zero-order chi connectivity index (χ0) is 32.5. The number of hydrogen-bond donors (Lipinski definition) is 1. The third-order valence-corrected chi connectivity index (χ3v) is 6.24. The molecule has 1 atom stereocenters. The minimum Gasteiger partial charge on any atom is -0.493 e. The third-order valence-electron chi connectivity index (χ3n) is 6.24. The highest BCUT2D eigenvalue weighted by atomic mass is 16.5. The second-order valence-electron chi connectivity index (χ2n) is 7.98. The minimum atomic E-state index is -2.50. The van der Waals surface area contributed by atoms with E-state index in [4.69, 9.17) is 26.9 Å². The number of aryl methyl sites for hydroxylation is 1. The van der Waals surface area contributed by atoms with Gasteiger partial charge in [-0.05, 0) is 53.6 Å². The Hall–Kier alpha value is -3.11. The Morgan fingerprint density at radius 1 is 1.12 bits per heavy atom. The number of fused-ring (bicyclic) bond motifs is 1. The first-order valence-electron chi connectivity index (χ1n) is 16.5. The summed E-state index contributed by atoms with van der Waals surface area (Å²) in [7, 11) is 0. The summed E-state index contributed by atoms with van der Waals surface area (Å²) in [4.78, 5) is 15.3. The van der Waals surface area contributed by atoms with E-state index in [9.17, 15) is 4.79 Å². The van der Waals surface area contributed by atoms with Gasteiger partial charge >= 0.3 is 0 Å². The number of amides is 1. The molecule has 5 rings (SSSR count). The predicted octanol–water partition coefficient (Wildman–Crippen LogP) is 3.96. The van der Waals surface area contributed by atoms with Crippen LogP contribution in [0.5, 0.6) is 5.75 Å². The third kappa shape index (κ3) is 3.69. The first-order valence-corrected chi connectivity index (χ1v) is 10.5. The Morgan fingerprint density at radius 2 is 1.81 bits per heavy atom. The lowest BCUT2D eigenvalue weighted by Crippen LogP contribution is -2.49. The van der Waals surface area contributed by atoms with Crippen molar-refractivity contribution < 1.29 is 26.0 Å². The molecule has 0 saturated carbocycles.